The topological polar surface area (TPSA) is 136 Å². The minimum absolute atomic E-state index is 0.360. The van der Waals surface area contributed by atoms with Crippen LogP contribution in [0.5, 0.6) is 5.75 Å². The van der Waals surface area contributed by atoms with Gasteiger partial charge >= 0.3 is 5.97 Å². The first-order valence-electron chi connectivity index (χ1n) is 7.21. The number of ether oxygens (including phenoxy) is 1. The summed E-state index contributed by atoms with van der Waals surface area (Å²) < 4.78 is 17.3. The highest BCUT2D eigenvalue weighted by atomic mass is 32.2. The minimum Gasteiger partial charge on any atom is -0.873 e. The SMILES string of the molecule is O=C(COc1ccccc1)N[C@@H]1C(=O)N2C(C(=O)O)=C([O-])CS(=O)[C@H]12. The summed E-state index contributed by atoms with van der Waals surface area (Å²) in [6.07, 6.45) is 0. The van der Waals surface area contributed by atoms with Gasteiger partial charge < -0.3 is 20.3 Å². The van der Waals surface area contributed by atoms with Gasteiger partial charge in [0.05, 0.1) is 10.8 Å². The van der Waals surface area contributed by atoms with E-state index < -0.39 is 57.2 Å². The third-order valence-electron chi connectivity index (χ3n) is 3.72. The van der Waals surface area contributed by atoms with Gasteiger partial charge in [0, 0.05) is 5.75 Å². The van der Waals surface area contributed by atoms with E-state index in [9.17, 15) is 23.7 Å². The lowest BCUT2D eigenvalue weighted by molar-refractivity contribution is -0.304. The molecule has 1 aromatic carbocycles. The van der Waals surface area contributed by atoms with Crippen LogP contribution < -0.4 is 15.2 Å². The molecule has 9 nitrogen and oxygen atoms in total. The molecule has 0 bridgehead atoms. The Balaban J connectivity index is 1.65. The fourth-order valence-corrected chi connectivity index (χ4v) is 4.12. The number of fused-ring (bicyclic) bond motifs is 1. The number of nitrogens with one attached hydrogen (secondary N) is 1. The molecule has 3 rings (SSSR count). The van der Waals surface area contributed by atoms with Crippen LogP contribution in [0.25, 0.3) is 0 Å². The van der Waals surface area contributed by atoms with Crippen molar-refractivity contribution in [3.63, 3.8) is 0 Å². The summed E-state index contributed by atoms with van der Waals surface area (Å²) in [4.78, 5) is 35.9. The van der Waals surface area contributed by atoms with Crippen molar-refractivity contribution in [2.75, 3.05) is 12.4 Å². The first kappa shape index (κ1) is 17.0. The smallest absolute Gasteiger partial charge is 0.351 e. The second kappa shape index (κ2) is 6.55. The van der Waals surface area contributed by atoms with Gasteiger partial charge in [-0.2, -0.15) is 0 Å². The third-order valence-corrected chi connectivity index (χ3v) is 5.29. The van der Waals surface area contributed by atoms with Crippen molar-refractivity contribution in [1.29, 1.82) is 0 Å². The lowest BCUT2D eigenvalue weighted by Crippen LogP contribution is -2.74. The zero-order valence-electron chi connectivity index (χ0n) is 12.7. The minimum atomic E-state index is -1.79. The summed E-state index contributed by atoms with van der Waals surface area (Å²) in [5.74, 6) is -3.86. The van der Waals surface area contributed by atoms with E-state index in [2.05, 4.69) is 5.32 Å². The monoisotopic (exact) mass is 365 g/mol. The molecule has 10 heteroatoms. The highest BCUT2D eigenvalue weighted by molar-refractivity contribution is 7.86. The number of nitrogens with zero attached hydrogens (tertiary/aromatic N) is 1. The number of carbonyl (C=O) groups is 3. The largest absolute Gasteiger partial charge is 0.873 e. The van der Waals surface area contributed by atoms with Crippen molar-refractivity contribution >= 4 is 28.6 Å². The van der Waals surface area contributed by atoms with Crippen LogP contribution in [-0.4, -0.2) is 55.8 Å². The lowest BCUT2D eigenvalue weighted by atomic mass is 10.0. The van der Waals surface area contributed by atoms with Crippen molar-refractivity contribution in [2.24, 2.45) is 0 Å². The van der Waals surface area contributed by atoms with Gasteiger partial charge in [0.25, 0.3) is 11.8 Å². The highest BCUT2D eigenvalue weighted by Crippen LogP contribution is 2.33. The van der Waals surface area contributed by atoms with E-state index in [0.717, 1.165) is 0 Å². The van der Waals surface area contributed by atoms with Gasteiger partial charge in [-0.25, -0.2) is 4.79 Å². The lowest BCUT2D eigenvalue weighted by Gasteiger charge is -2.50. The van der Waals surface area contributed by atoms with Gasteiger partial charge in [0.15, 0.2) is 6.61 Å². The number of hydrogen-bond acceptors (Lipinski definition) is 6. The van der Waals surface area contributed by atoms with E-state index in [1.165, 1.54) is 0 Å². The zero-order valence-corrected chi connectivity index (χ0v) is 13.5. The molecule has 2 heterocycles. The molecule has 0 aromatic heterocycles. The van der Waals surface area contributed by atoms with Crippen molar-refractivity contribution in [2.45, 2.75) is 11.4 Å². The van der Waals surface area contributed by atoms with E-state index in [1.54, 1.807) is 30.3 Å². The van der Waals surface area contributed by atoms with Crippen LogP contribution in [0.2, 0.25) is 0 Å². The number of hydrogen-bond donors (Lipinski definition) is 2. The summed E-state index contributed by atoms with van der Waals surface area (Å²) in [6, 6.07) is 7.40. The maximum absolute atomic E-state index is 12.1. The molecule has 3 atom stereocenters. The number of para-hydroxylation sites is 1. The Kier molecular flexibility index (Phi) is 4.45. The van der Waals surface area contributed by atoms with E-state index in [1.807, 2.05) is 0 Å². The van der Waals surface area contributed by atoms with E-state index >= 15 is 0 Å². The predicted octanol–water partition coefficient (Wildman–Crippen LogP) is -1.86. The molecule has 2 aliphatic rings. The van der Waals surface area contributed by atoms with Gasteiger partial charge in [0.1, 0.15) is 22.9 Å². The average Bonchev–Trinajstić information content (AvgIpc) is 2.58. The van der Waals surface area contributed by atoms with Crippen molar-refractivity contribution in [3.8, 4) is 5.75 Å². The van der Waals surface area contributed by atoms with Crippen LogP contribution in [-0.2, 0) is 25.2 Å². The Bertz CT molecular complexity index is 792. The van der Waals surface area contributed by atoms with E-state index in [0.29, 0.717) is 10.6 Å². The molecule has 2 amide bonds. The fraction of sp³-hybridized carbons (Fsp3) is 0.267. The van der Waals surface area contributed by atoms with E-state index in [4.69, 9.17) is 9.84 Å². The van der Waals surface area contributed by atoms with Crippen LogP contribution in [0.4, 0.5) is 0 Å². The second-order valence-corrected chi connectivity index (χ2v) is 6.88. The summed E-state index contributed by atoms with van der Waals surface area (Å²) in [5.41, 5.74) is -0.708. The predicted molar refractivity (Wildman–Crippen MR) is 82.2 cm³/mol. The van der Waals surface area contributed by atoms with Crippen molar-refractivity contribution in [3.05, 3.63) is 41.8 Å². The van der Waals surface area contributed by atoms with Gasteiger partial charge in [0.2, 0.25) is 0 Å². The Hall–Kier alpha value is -2.88. The van der Waals surface area contributed by atoms with Crippen LogP contribution in [0, 0.1) is 0 Å². The summed E-state index contributed by atoms with van der Waals surface area (Å²) >= 11 is 0. The second-order valence-electron chi connectivity index (χ2n) is 5.35. The van der Waals surface area contributed by atoms with Gasteiger partial charge in [-0.05, 0) is 12.1 Å². The molecule has 1 saturated heterocycles. The summed E-state index contributed by atoms with van der Waals surface area (Å²) in [6.45, 7) is -0.360. The maximum Gasteiger partial charge on any atom is 0.351 e. The first-order chi connectivity index (χ1) is 11.9. The summed E-state index contributed by atoms with van der Waals surface area (Å²) in [7, 11) is -1.79. The van der Waals surface area contributed by atoms with Gasteiger partial charge in [-0.15, -0.1) is 0 Å². The van der Waals surface area contributed by atoms with Crippen molar-refractivity contribution in [1.82, 2.24) is 10.2 Å². The molecule has 25 heavy (non-hydrogen) atoms. The molecule has 0 aliphatic carbocycles. The quantitative estimate of drug-likeness (QED) is 0.584. The zero-order chi connectivity index (χ0) is 18.1. The molecular formula is C15H13N2O7S-. The Morgan fingerprint density at radius 2 is 2.04 bits per heavy atom. The number of rotatable bonds is 5. The number of β-lactam (4-membered cyclic amide) rings is 1. The van der Waals surface area contributed by atoms with Crippen LogP contribution in [0.1, 0.15) is 0 Å². The summed E-state index contributed by atoms with van der Waals surface area (Å²) in [5, 5.41) is 22.0. The fourth-order valence-electron chi connectivity index (χ4n) is 2.62. The first-order valence-corrected chi connectivity index (χ1v) is 8.59. The molecule has 0 saturated carbocycles. The Labute approximate surface area is 144 Å². The standard InChI is InChI=1S/C15H14N2O7S/c18-9-7-25(23)14-11(13(20)17(14)12(9)15(21)22)16-10(19)6-24-8-4-2-1-3-5-8/h1-5,11,14,18H,6-7H2,(H,16,19)(H,21,22)/p-1/t11-,14-,25?/m1/s1. The Morgan fingerprint density at radius 1 is 1.36 bits per heavy atom. The number of carboxylic acids is 1. The normalized spacial score (nSPS) is 25.0. The molecule has 2 N–H and O–H groups in total. The third kappa shape index (κ3) is 3.07. The molecule has 0 spiro atoms. The number of aliphatic carboxylic acids is 1. The number of benzene rings is 1. The number of amides is 2. The molecule has 1 fully saturated rings. The van der Waals surface area contributed by atoms with Gasteiger partial charge in [-0.3, -0.25) is 18.7 Å². The average molecular weight is 365 g/mol. The van der Waals surface area contributed by atoms with Crippen LogP contribution in [0.3, 0.4) is 0 Å². The van der Waals surface area contributed by atoms with E-state index in [-0.39, 0.29) is 6.61 Å². The van der Waals surface area contributed by atoms with Crippen LogP contribution in [0.15, 0.2) is 41.8 Å². The molecular weight excluding hydrogens is 352 g/mol. The highest BCUT2D eigenvalue weighted by Gasteiger charge is 2.56. The molecule has 1 aromatic rings. The van der Waals surface area contributed by atoms with Gasteiger partial charge in [-0.1, -0.05) is 24.0 Å². The Morgan fingerprint density at radius 3 is 2.68 bits per heavy atom. The van der Waals surface area contributed by atoms with Crippen molar-refractivity contribution < 1.29 is 33.5 Å². The molecule has 2 aliphatic heterocycles. The number of carbonyl (C=O) groups excluding carboxylic acids is 2. The molecule has 1 unspecified atom stereocenters. The maximum atomic E-state index is 12.1. The number of carboxylic acid groups (broad SMARTS) is 1. The van der Waals surface area contributed by atoms with Crippen LogP contribution >= 0.6 is 0 Å². The molecule has 132 valence electrons. The molecule has 0 radical (unpaired) electrons.